The van der Waals surface area contributed by atoms with Gasteiger partial charge < -0.3 is 14.6 Å². The topological polar surface area (TPSA) is 55.8 Å². The van der Waals surface area contributed by atoms with E-state index >= 15 is 0 Å². The van der Waals surface area contributed by atoms with Crippen molar-refractivity contribution in [2.75, 3.05) is 7.11 Å². The first-order chi connectivity index (χ1) is 15.1. The first kappa shape index (κ1) is 25.7. The molecule has 4 nitrogen and oxygen atoms in total. The monoisotopic (exact) mass is 452 g/mol. The molecule has 2 aromatic carbocycles. The zero-order chi connectivity index (χ0) is 23.7. The molecule has 0 bridgehead atoms. The Labute approximate surface area is 194 Å². The lowest BCUT2D eigenvalue weighted by molar-refractivity contribution is -0.141. The Balaban J connectivity index is 2.11. The zero-order valence-electron chi connectivity index (χ0n) is 20.2. The number of carboxylic acid groups (broad SMARTS) is 1. The molecule has 0 amide bonds. The lowest BCUT2D eigenvalue weighted by Gasteiger charge is -2.22. The Morgan fingerprint density at radius 1 is 1.09 bits per heavy atom. The van der Waals surface area contributed by atoms with Gasteiger partial charge in [-0.2, -0.15) is 0 Å². The fourth-order valence-electron chi connectivity index (χ4n) is 3.51. The van der Waals surface area contributed by atoms with E-state index in [1.807, 2.05) is 24.3 Å². The van der Waals surface area contributed by atoms with Crippen molar-refractivity contribution in [3.63, 3.8) is 0 Å². The van der Waals surface area contributed by atoms with Crippen molar-refractivity contribution in [1.82, 2.24) is 0 Å². The molecule has 0 fully saturated rings. The number of carbonyl (C=O) groups is 1. The van der Waals surface area contributed by atoms with E-state index < -0.39 is 20.0 Å². The highest BCUT2D eigenvalue weighted by molar-refractivity contribution is 6.83. The van der Waals surface area contributed by atoms with Gasteiger partial charge in [0.2, 0.25) is 0 Å². The van der Waals surface area contributed by atoms with Gasteiger partial charge in [-0.3, -0.25) is 4.79 Å². The lowest BCUT2D eigenvalue weighted by Crippen LogP contribution is -2.20. The molecule has 5 heteroatoms. The maximum atomic E-state index is 11.8. The van der Waals surface area contributed by atoms with Gasteiger partial charge in [0.1, 0.15) is 13.8 Å². The summed E-state index contributed by atoms with van der Waals surface area (Å²) in [6.07, 6.45) is 1.45. The van der Waals surface area contributed by atoms with Gasteiger partial charge in [-0.05, 0) is 53.6 Å². The number of benzene rings is 2. The van der Waals surface area contributed by atoms with Crippen molar-refractivity contribution < 1.29 is 19.4 Å². The van der Waals surface area contributed by atoms with E-state index in [1.165, 1.54) is 0 Å². The molecule has 0 aliphatic carbocycles. The molecular formula is C27H36O4Si. The van der Waals surface area contributed by atoms with Crippen molar-refractivity contribution in [3.05, 3.63) is 64.7 Å². The SMILES string of the molecule is COc1ccc(COCc2cc(C(CCC#C[Si](C)(C)C)C(C)C(=O)O)ccc2C)cc1. The molecule has 2 aromatic rings. The van der Waals surface area contributed by atoms with Gasteiger partial charge in [0, 0.05) is 6.42 Å². The molecular weight excluding hydrogens is 416 g/mol. The normalized spacial score (nSPS) is 13.1. The third kappa shape index (κ3) is 8.18. The van der Waals surface area contributed by atoms with Crippen molar-refractivity contribution in [2.24, 2.45) is 5.92 Å². The van der Waals surface area contributed by atoms with Crippen LogP contribution >= 0.6 is 0 Å². The van der Waals surface area contributed by atoms with Crippen LogP contribution in [0, 0.1) is 24.3 Å². The van der Waals surface area contributed by atoms with Crippen LogP contribution < -0.4 is 4.74 Å². The predicted molar refractivity (Wildman–Crippen MR) is 133 cm³/mol. The fraction of sp³-hybridized carbons (Fsp3) is 0.444. The highest BCUT2D eigenvalue weighted by atomic mass is 28.3. The van der Waals surface area contributed by atoms with Crippen LogP contribution in [0.25, 0.3) is 0 Å². The molecule has 0 aliphatic heterocycles. The summed E-state index contributed by atoms with van der Waals surface area (Å²) >= 11 is 0. The molecule has 0 radical (unpaired) electrons. The average Bonchev–Trinajstić information content (AvgIpc) is 2.74. The molecule has 172 valence electrons. The third-order valence-corrected chi connectivity index (χ3v) is 6.45. The van der Waals surface area contributed by atoms with Crippen LogP contribution in [-0.2, 0) is 22.7 Å². The third-order valence-electron chi connectivity index (χ3n) is 5.52. The first-order valence-electron chi connectivity index (χ1n) is 11.1. The van der Waals surface area contributed by atoms with Crippen LogP contribution in [-0.4, -0.2) is 26.3 Å². The lowest BCUT2D eigenvalue weighted by atomic mass is 9.82. The van der Waals surface area contributed by atoms with Crippen LogP contribution in [0.15, 0.2) is 42.5 Å². The zero-order valence-corrected chi connectivity index (χ0v) is 21.2. The minimum atomic E-state index is -1.42. The smallest absolute Gasteiger partial charge is 0.306 e. The second kappa shape index (κ2) is 11.9. The number of methoxy groups -OCH3 is 1. The number of ether oxygens (including phenoxy) is 2. The second-order valence-corrected chi connectivity index (χ2v) is 14.1. The minimum Gasteiger partial charge on any atom is -0.497 e. The Bertz CT molecular complexity index is 948. The maximum absolute atomic E-state index is 11.8. The maximum Gasteiger partial charge on any atom is 0.306 e. The Morgan fingerprint density at radius 2 is 1.78 bits per heavy atom. The molecule has 2 atom stereocenters. The quantitative estimate of drug-likeness (QED) is 0.345. The molecule has 2 unspecified atom stereocenters. The Kier molecular flexibility index (Phi) is 9.55. The molecule has 0 aliphatic rings. The van der Waals surface area contributed by atoms with E-state index in [2.05, 4.69) is 56.2 Å². The molecule has 0 spiro atoms. The number of aryl methyl sites for hydroxylation is 1. The van der Waals surface area contributed by atoms with E-state index in [0.29, 0.717) is 19.6 Å². The van der Waals surface area contributed by atoms with E-state index in [1.54, 1.807) is 14.0 Å². The standard InChI is InChI=1S/C27H36O4Si/c1-20-10-13-23(26(21(2)27(28)29)9-7-8-16-32(4,5)6)17-24(20)19-31-18-22-11-14-25(30-3)15-12-22/h10-15,17,21,26H,7,9,18-19H2,1-6H3,(H,28,29). The number of rotatable bonds is 10. The van der Waals surface area contributed by atoms with Crippen LogP contribution in [0.3, 0.4) is 0 Å². The molecule has 0 aromatic heterocycles. The molecule has 32 heavy (non-hydrogen) atoms. The van der Waals surface area contributed by atoms with Gasteiger partial charge >= 0.3 is 5.97 Å². The molecule has 0 saturated carbocycles. The summed E-state index contributed by atoms with van der Waals surface area (Å²) in [7, 11) is 0.228. The summed E-state index contributed by atoms with van der Waals surface area (Å²) in [6, 6.07) is 14.1. The number of hydrogen-bond donors (Lipinski definition) is 1. The highest BCUT2D eigenvalue weighted by Crippen LogP contribution is 2.31. The summed E-state index contributed by atoms with van der Waals surface area (Å²) in [5, 5.41) is 9.67. The summed E-state index contributed by atoms with van der Waals surface area (Å²) < 4.78 is 11.2. The van der Waals surface area contributed by atoms with Gasteiger partial charge in [-0.15, -0.1) is 11.5 Å². The largest absolute Gasteiger partial charge is 0.497 e. The van der Waals surface area contributed by atoms with E-state index in [9.17, 15) is 9.90 Å². The molecule has 1 N–H and O–H groups in total. The summed E-state index contributed by atoms with van der Waals surface area (Å²) in [5.41, 5.74) is 7.74. The summed E-state index contributed by atoms with van der Waals surface area (Å²) in [6.45, 7) is 11.5. The van der Waals surface area contributed by atoms with Crippen LogP contribution in [0.2, 0.25) is 19.6 Å². The highest BCUT2D eigenvalue weighted by Gasteiger charge is 2.25. The van der Waals surface area contributed by atoms with Gasteiger partial charge in [-0.25, -0.2) is 0 Å². The average molecular weight is 453 g/mol. The molecule has 2 rings (SSSR count). The van der Waals surface area contributed by atoms with Gasteiger partial charge in [-0.1, -0.05) is 56.9 Å². The fourth-order valence-corrected chi connectivity index (χ4v) is 4.17. The van der Waals surface area contributed by atoms with Crippen molar-refractivity contribution in [1.29, 1.82) is 0 Å². The van der Waals surface area contributed by atoms with Crippen LogP contribution in [0.4, 0.5) is 0 Å². The first-order valence-corrected chi connectivity index (χ1v) is 14.6. The molecule has 0 heterocycles. The van der Waals surface area contributed by atoms with Crippen LogP contribution in [0.5, 0.6) is 5.75 Å². The predicted octanol–water partition coefficient (Wildman–Crippen LogP) is 6.19. The Hall–Kier alpha value is -2.55. The second-order valence-electron chi connectivity index (χ2n) is 9.35. The van der Waals surface area contributed by atoms with Gasteiger partial charge in [0.05, 0.1) is 26.2 Å². The van der Waals surface area contributed by atoms with Crippen molar-refractivity contribution in [2.45, 2.75) is 65.5 Å². The number of aliphatic carboxylic acids is 1. The van der Waals surface area contributed by atoms with E-state index in [-0.39, 0.29) is 5.92 Å². The van der Waals surface area contributed by atoms with E-state index in [4.69, 9.17) is 9.47 Å². The number of carboxylic acids is 1. The van der Waals surface area contributed by atoms with Crippen LogP contribution in [0.1, 0.15) is 47.9 Å². The van der Waals surface area contributed by atoms with Crippen molar-refractivity contribution >= 4 is 14.0 Å². The van der Waals surface area contributed by atoms with E-state index in [0.717, 1.165) is 34.4 Å². The van der Waals surface area contributed by atoms with Gasteiger partial charge in [0.25, 0.3) is 0 Å². The summed E-state index contributed by atoms with van der Waals surface area (Å²) in [5.74, 6) is 2.79. The number of hydrogen-bond acceptors (Lipinski definition) is 3. The molecule has 0 saturated heterocycles. The van der Waals surface area contributed by atoms with Crippen molar-refractivity contribution in [3.8, 4) is 17.2 Å². The summed E-state index contributed by atoms with van der Waals surface area (Å²) in [4.78, 5) is 11.8. The Morgan fingerprint density at radius 3 is 2.38 bits per heavy atom. The van der Waals surface area contributed by atoms with Gasteiger partial charge in [0.15, 0.2) is 0 Å². The minimum absolute atomic E-state index is 0.0793.